The number of carbonyl (C=O) groups excluding carboxylic acids is 1. The van der Waals surface area contributed by atoms with Gasteiger partial charge in [0, 0.05) is 33.0 Å². The highest BCUT2D eigenvalue weighted by Gasteiger charge is 2.25. The third kappa shape index (κ3) is 6.20. The van der Waals surface area contributed by atoms with Gasteiger partial charge in [-0.2, -0.15) is 0 Å². The topological polar surface area (TPSA) is 141 Å². The molecule has 3 N–H and O–H groups in total. The van der Waals surface area contributed by atoms with E-state index in [0.717, 1.165) is 11.9 Å². The Hall–Kier alpha value is -2.60. The third-order valence-electron chi connectivity index (χ3n) is 4.37. The molecule has 1 aliphatic rings. The first kappa shape index (κ1) is 23.7. The summed E-state index contributed by atoms with van der Waals surface area (Å²) in [7, 11) is -3.04. The number of carbonyl (C=O) groups is 1. The largest absolute Gasteiger partial charge is 0.496 e. The van der Waals surface area contributed by atoms with E-state index in [9.17, 15) is 18.0 Å². The molecule has 0 aliphatic carbocycles. The minimum atomic E-state index is -3.04. The summed E-state index contributed by atoms with van der Waals surface area (Å²) in [6.07, 6.45) is -0.0799. The number of nitrogens with zero attached hydrogens (tertiary/aromatic N) is 4. The molecule has 1 aliphatic heterocycles. The van der Waals surface area contributed by atoms with Gasteiger partial charge < -0.3 is 15.2 Å². The van der Waals surface area contributed by atoms with E-state index in [4.69, 9.17) is 20.1 Å². The zero-order chi connectivity index (χ0) is 22.4. The lowest BCUT2D eigenvalue weighted by atomic mass is 10.0. The predicted octanol–water partition coefficient (Wildman–Crippen LogP) is 2.12. The van der Waals surface area contributed by atoms with E-state index in [1.54, 1.807) is 4.90 Å². The molecule has 14 heteroatoms. The molecule has 0 spiro atoms. The van der Waals surface area contributed by atoms with Gasteiger partial charge in [0.05, 0.1) is 6.54 Å². The van der Waals surface area contributed by atoms with E-state index in [-0.39, 0.29) is 25.7 Å². The number of aryl methyl sites for hydroxylation is 1. The van der Waals surface area contributed by atoms with Gasteiger partial charge in [-0.3, -0.25) is 4.79 Å². The van der Waals surface area contributed by atoms with Gasteiger partial charge in [-0.05, 0) is 25.0 Å². The summed E-state index contributed by atoms with van der Waals surface area (Å²) < 4.78 is 62.4. The fourth-order valence-corrected chi connectivity index (χ4v) is 2.94. The van der Waals surface area contributed by atoms with E-state index in [0.29, 0.717) is 31.5 Å². The molecule has 0 radical (unpaired) electrons. The molecule has 166 valence electrons. The van der Waals surface area contributed by atoms with Crippen molar-refractivity contribution in [2.75, 3.05) is 6.54 Å². The van der Waals surface area contributed by atoms with Crippen LogP contribution in [0.15, 0.2) is 12.1 Å². The lowest BCUT2D eigenvalue weighted by Crippen LogP contribution is -2.41. The summed E-state index contributed by atoms with van der Waals surface area (Å²) in [6.45, 7) is 3.30. The highest BCUT2D eigenvalue weighted by molar-refractivity contribution is 7.24. The summed E-state index contributed by atoms with van der Waals surface area (Å²) in [5, 5.41) is 15.1. The molecule has 3 rings (SSSR count). The van der Waals surface area contributed by atoms with Crippen LogP contribution in [0.25, 0.3) is 0 Å². The number of hydrogen-bond acceptors (Lipinski definition) is 8. The quantitative estimate of drug-likeness (QED) is 0.305. The van der Waals surface area contributed by atoms with Gasteiger partial charge in [-0.1, -0.05) is 0 Å². The Morgan fingerprint density at radius 3 is 2.53 bits per heavy atom. The SMILES string of the molecule is Cc1nnc2n1CCN(C(=O)C[C@H](N)Cc1cc(F)c(F)cc1F)C2.O=P(=O)OO.[HH]. The monoisotopic (exact) mass is 451 g/mol. The molecule has 10 nitrogen and oxygen atoms in total. The molecule has 30 heavy (non-hydrogen) atoms. The second-order valence-corrected chi connectivity index (χ2v) is 7.07. The van der Waals surface area contributed by atoms with Crippen LogP contribution >= 0.6 is 7.91 Å². The number of rotatable bonds is 5. The molecular weight excluding hydrogens is 430 g/mol. The van der Waals surface area contributed by atoms with Crippen LogP contribution in [0.3, 0.4) is 0 Å². The van der Waals surface area contributed by atoms with Crippen LogP contribution in [0, 0.1) is 24.4 Å². The maximum absolute atomic E-state index is 13.7. The molecule has 0 unspecified atom stereocenters. The minimum absolute atomic E-state index is 0. The molecule has 1 aromatic heterocycles. The molecule has 0 saturated heterocycles. The van der Waals surface area contributed by atoms with E-state index in [1.807, 2.05) is 11.5 Å². The normalized spacial score (nSPS) is 13.9. The van der Waals surface area contributed by atoms with Gasteiger partial charge in [-0.25, -0.2) is 27.6 Å². The number of nitrogens with two attached hydrogens (primary N) is 1. The van der Waals surface area contributed by atoms with Gasteiger partial charge in [-0.15, -0.1) is 14.9 Å². The predicted molar refractivity (Wildman–Crippen MR) is 96.9 cm³/mol. The summed E-state index contributed by atoms with van der Waals surface area (Å²) in [4.78, 5) is 14.0. The highest BCUT2D eigenvalue weighted by Crippen LogP contribution is 2.17. The zero-order valence-corrected chi connectivity index (χ0v) is 16.7. The lowest BCUT2D eigenvalue weighted by Gasteiger charge is -2.28. The maximum atomic E-state index is 13.7. The smallest absolute Gasteiger partial charge is 0.333 e. The van der Waals surface area contributed by atoms with E-state index in [1.165, 1.54) is 0 Å². The van der Waals surface area contributed by atoms with E-state index in [2.05, 4.69) is 14.9 Å². The summed E-state index contributed by atoms with van der Waals surface area (Å²) >= 11 is 0. The molecule has 1 aromatic carbocycles. The van der Waals surface area contributed by atoms with Crippen LogP contribution in [0.1, 0.15) is 25.1 Å². The van der Waals surface area contributed by atoms with Crippen molar-refractivity contribution in [1.29, 1.82) is 0 Å². The van der Waals surface area contributed by atoms with Crippen LogP contribution in [0.2, 0.25) is 0 Å². The van der Waals surface area contributed by atoms with Crippen molar-refractivity contribution in [1.82, 2.24) is 19.7 Å². The van der Waals surface area contributed by atoms with E-state index < -0.39 is 31.4 Å². The fourth-order valence-electron chi connectivity index (χ4n) is 2.94. The Labute approximate surface area is 170 Å². The van der Waals surface area contributed by atoms with Crippen molar-refractivity contribution in [2.24, 2.45) is 5.73 Å². The molecule has 0 bridgehead atoms. The van der Waals surface area contributed by atoms with Crippen LogP contribution in [0.5, 0.6) is 0 Å². The average Bonchev–Trinajstić information content (AvgIpc) is 3.06. The lowest BCUT2D eigenvalue weighted by molar-refractivity contribution is -0.133. The number of amides is 1. The van der Waals surface area contributed by atoms with Crippen molar-refractivity contribution in [2.45, 2.75) is 38.9 Å². The standard InChI is InChI=1S/C16H18F3N5O.HO4P.H2/c1-9-21-22-15-8-23(2-3-24(9)15)16(25)6-11(20)4-10-5-13(18)14(19)7-12(10)17;1-4-5(2)3;/h5,7,11H,2-4,6,8,20H2,1H3;1H;1H/t11-;;/m1../s1. The Balaban J connectivity index is 0.000000721. The molecule has 1 amide bonds. The first-order chi connectivity index (χ1) is 14.1. The van der Waals surface area contributed by atoms with Crippen molar-refractivity contribution < 1.29 is 38.5 Å². The third-order valence-corrected chi connectivity index (χ3v) is 4.50. The van der Waals surface area contributed by atoms with Gasteiger partial charge in [0.25, 0.3) is 0 Å². The Kier molecular flexibility index (Phi) is 8.24. The number of benzene rings is 1. The molecule has 2 heterocycles. The molecular formula is C16H21F3N5O5P. The van der Waals surface area contributed by atoms with Crippen molar-refractivity contribution in [3.05, 3.63) is 46.8 Å². The van der Waals surface area contributed by atoms with Crippen LogP contribution in [-0.4, -0.2) is 43.4 Å². The summed E-state index contributed by atoms with van der Waals surface area (Å²) in [5.41, 5.74) is 5.86. The van der Waals surface area contributed by atoms with Crippen molar-refractivity contribution in [3.63, 3.8) is 0 Å². The van der Waals surface area contributed by atoms with Crippen molar-refractivity contribution >= 4 is 13.8 Å². The Morgan fingerprint density at radius 2 is 1.90 bits per heavy atom. The fraction of sp³-hybridized carbons (Fsp3) is 0.438. The van der Waals surface area contributed by atoms with E-state index >= 15 is 0 Å². The molecule has 2 aromatic rings. The minimum Gasteiger partial charge on any atom is -0.333 e. The first-order valence-electron chi connectivity index (χ1n) is 8.63. The van der Waals surface area contributed by atoms with Crippen molar-refractivity contribution in [3.8, 4) is 0 Å². The van der Waals surface area contributed by atoms with Crippen LogP contribution in [-0.2, 0) is 38.1 Å². The molecule has 0 saturated carbocycles. The second-order valence-electron chi connectivity index (χ2n) is 6.46. The highest BCUT2D eigenvalue weighted by atomic mass is 31.1. The number of hydrogen-bond donors (Lipinski definition) is 2. The average molecular weight is 451 g/mol. The maximum Gasteiger partial charge on any atom is 0.496 e. The molecule has 1 atom stereocenters. The number of aromatic nitrogens is 3. The van der Waals surface area contributed by atoms with Gasteiger partial charge >= 0.3 is 7.91 Å². The van der Waals surface area contributed by atoms with Gasteiger partial charge in [0.2, 0.25) is 5.91 Å². The number of fused-ring (bicyclic) bond motifs is 1. The Bertz CT molecular complexity index is 983. The van der Waals surface area contributed by atoms with Gasteiger partial charge in [0.1, 0.15) is 11.6 Å². The summed E-state index contributed by atoms with van der Waals surface area (Å²) in [5.74, 6) is -1.95. The van der Waals surface area contributed by atoms with Crippen LogP contribution in [0.4, 0.5) is 13.2 Å². The molecule has 0 fully saturated rings. The second kappa shape index (κ2) is 10.4. The zero-order valence-electron chi connectivity index (χ0n) is 15.8. The number of halogens is 3. The van der Waals surface area contributed by atoms with Gasteiger partial charge in [0.15, 0.2) is 17.5 Å². The summed E-state index contributed by atoms with van der Waals surface area (Å²) in [6, 6.07) is 0.563. The van der Waals surface area contributed by atoms with Crippen LogP contribution < -0.4 is 5.73 Å². The first-order valence-corrected chi connectivity index (χ1v) is 9.73. The Morgan fingerprint density at radius 1 is 1.27 bits per heavy atom.